The zero-order valence-electron chi connectivity index (χ0n) is 83.8. The summed E-state index contributed by atoms with van der Waals surface area (Å²) in [4.78, 5) is 69.1. The van der Waals surface area contributed by atoms with Crippen molar-refractivity contribution in [3.63, 3.8) is 0 Å². The fourth-order valence-corrected chi connectivity index (χ4v) is 36.5. The highest BCUT2D eigenvalue weighted by Crippen LogP contribution is 2.72. The first-order valence-corrected chi connectivity index (χ1v) is 55.0. The van der Waals surface area contributed by atoms with E-state index in [1.807, 2.05) is 152 Å². The van der Waals surface area contributed by atoms with Gasteiger partial charge in [-0.1, -0.05) is 352 Å². The first kappa shape index (κ1) is 97.8. The van der Waals surface area contributed by atoms with Gasteiger partial charge in [-0.05, 0) is 288 Å². The fourth-order valence-electron chi connectivity index (χ4n) is 27.9. The Morgan fingerprint density at radius 1 is 0.357 bits per heavy atom. The molecule has 0 radical (unpaired) electrons. The van der Waals surface area contributed by atoms with Crippen molar-refractivity contribution >= 4 is 45.3 Å². The predicted octanol–water partition coefficient (Wildman–Crippen LogP) is 33.7. The van der Waals surface area contributed by atoms with Crippen LogP contribution in [0.1, 0.15) is 338 Å². The standard InChI is InChI=1S/C27H40O2Si.C27H30O.C24H34OSi.C23H30O.C20H22O/c1-19(2)30(20(3)4,21(5)6)29-25-14-16-27(15-13-22(7)17-24(27)18-25)26(28)23-11-9-8-10-12-23;1-19-15-26(24-13-9-6-10-14-24)16-20(2)22(4)18-27(26,17-21(19)3)25(28)23-11-7-5-8-12-23;1-17-13-23(22(25)21-11-9-8-10-12-21)14-18(2)20(4)16-24(23,15-19(17)3)26(5,6)7;1-6-22-12-16(2)18(4)14-23(22,15-19(5)17(3)13-22)21(24)20-10-8-7-9-11-20;1-13-10-18-16-8-9-17(11-16)20(18,12-14(13)2)19(21)15-6-4-3-5-7-15/h8-14,19-21,24H,15-18H2,1-7H3;5-14H,15-18H2,1-4H3;8-12H,13-16H2,1-7H3;7-11H,6,12-15H2,1-5H3;3-9,16-18H,10-12H2,1-2H3. The number of fused-ring (bicyclic) bond motifs is 9. The van der Waals surface area contributed by atoms with Gasteiger partial charge in [-0.25, -0.2) is 0 Å². The Morgan fingerprint density at radius 2 is 0.698 bits per heavy atom. The van der Waals surface area contributed by atoms with Gasteiger partial charge in [0.05, 0.1) is 19.2 Å². The number of carbonyl (C=O) groups is 5. The number of hydrogen-bond acceptors (Lipinski definition) is 6. The van der Waals surface area contributed by atoms with Gasteiger partial charge in [0.15, 0.2) is 28.9 Å². The molecule has 2 bridgehead atoms. The molecule has 17 rings (SSSR count). The Balaban J connectivity index is 0.000000138. The van der Waals surface area contributed by atoms with Gasteiger partial charge >= 0.3 is 0 Å². The van der Waals surface area contributed by atoms with Gasteiger partial charge in [0, 0.05) is 61.3 Å². The highest BCUT2D eigenvalue weighted by atomic mass is 28.4. The first-order chi connectivity index (χ1) is 61.0. The summed E-state index contributed by atoms with van der Waals surface area (Å²) in [5, 5.41) is 0.111. The molecule has 8 heteroatoms. The second-order valence-corrected chi connectivity index (χ2v) is 55.7. The number of carbonyl (C=O) groups excluding carboxylic acids is 5. The minimum atomic E-state index is -1.97. The minimum Gasteiger partial charge on any atom is -0.546 e. The Kier molecular flexibility index (Phi) is 29.2. The van der Waals surface area contributed by atoms with Crippen molar-refractivity contribution in [2.24, 2.45) is 56.2 Å². The molecule has 6 nitrogen and oxygen atoms in total. The maximum atomic E-state index is 14.2. The molecule has 129 heavy (non-hydrogen) atoms. The fraction of sp³-hybridized carbons (Fsp3) is 0.496. The Bertz CT molecular complexity index is 5410. The summed E-state index contributed by atoms with van der Waals surface area (Å²) >= 11 is 0. The molecule has 6 atom stereocenters. The number of benzene rings is 6. The SMILES string of the molecule is CC1=C(C)CC2(C(=O)c3ccccc3)C3C=CC(C3)C2C1.CC1=C(C)CC2([Si](C)(C)C)CC(C)=C(C)CC2(C(=O)c2ccccc2)C1.CC1=C(C)CC2(c3ccccc3)CC(C)=C(C)CC2(C(=O)c2ccccc2)C1.CC1=CCC2(C(=O)c3ccccc3)CC=C(O[Si](C(C)C)(C(C)C)C(C)C)CC2C1.CCC12CC(C)=C(C)CC1(C(=O)c1ccccc1)CC(C)=C(C)C2. The maximum Gasteiger partial charge on any atom is 0.258 e. The van der Waals surface area contributed by atoms with Crippen LogP contribution in [-0.2, 0) is 9.84 Å². The normalized spacial score (nSPS) is 29.3. The van der Waals surface area contributed by atoms with Gasteiger partial charge in [-0.3, -0.25) is 24.0 Å². The van der Waals surface area contributed by atoms with Crippen LogP contribution in [0.3, 0.4) is 0 Å². The Morgan fingerprint density at radius 3 is 1.11 bits per heavy atom. The third-order valence-electron chi connectivity index (χ3n) is 36.0. The van der Waals surface area contributed by atoms with Crippen LogP contribution in [0.2, 0.25) is 41.3 Å². The van der Waals surface area contributed by atoms with Crippen molar-refractivity contribution in [1.82, 2.24) is 0 Å². The molecule has 0 N–H and O–H groups in total. The third kappa shape index (κ3) is 17.6. The molecular formula is C121H156O6Si2. The van der Waals surface area contributed by atoms with E-state index in [0.29, 0.717) is 69.2 Å². The average Bonchev–Trinajstić information content (AvgIpc) is 0.931. The smallest absolute Gasteiger partial charge is 0.258 e. The summed E-state index contributed by atoms with van der Waals surface area (Å²) in [5.41, 5.74) is 27.7. The van der Waals surface area contributed by atoms with E-state index in [2.05, 4.69) is 227 Å². The summed E-state index contributed by atoms with van der Waals surface area (Å²) < 4.78 is 7.05. The van der Waals surface area contributed by atoms with E-state index in [9.17, 15) is 24.0 Å². The molecule has 1 saturated carbocycles. The van der Waals surface area contributed by atoms with E-state index in [-0.39, 0.29) is 37.5 Å². The van der Waals surface area contributed by atoms with Crippen LogP contribution in [0, 0.1) is 56.2 Å². The number of rotatable bonds is 18. The topological polar surface area (TPSA) is 94.6 Å². The lowest BCUT2D eigenvalue weighted by atomic mass is 9.45. The largest absolute Gasteiger partial charge is 0.546 e. The van der Waals surface area contributed by atoms with Crippen LogP contribution in [-0.4, -0.2) is 45.3 Å². The van der Waals surface area contributed by atoms with E-state index in [1.165, 1.54) is 95.6 Å². The maximum absolute atomic E-state index is 14.2. The van der Waals surface area contributed by atoms with Crippen molar-refractivity contribution in [3.8, 4) is 0 Å². The molecule has 11 aliphatic rings. The van der Waals surface area contributed by atoms with E-state index < -0.39 is 21.8 Å². The quantitative estimate of drug-likeness (QED) is 0.0483. The van der Waals surface area contributed by atoms with E-state index in [1.54, 1.807) is 0 Å². The molecule has 0 saturated heterocycles. The van der Waals surface area contributed by atoms with Crippen molar-refractivity contribution in [2.45, 2.75) is 327 Å². The summed E-state index contributed by atoms with van der Waals surface area (Å²) in [6.45, 7) is 57.6. The first-order valence-electron chi connectivity index (χ1n) is 49.4. The van der Waals surface area contributed by atoms with Crippen molar-refractivity contribution in [1.29, 1.82) is 0 Å². The molecule has 6 unspecified atom stereocenters. The highest BCUT2D eigenvalue weighted by Gasteiger charge is 2.67. The second kappa shape index (κ2) is 38.5. The molecule has 0 aliphatic heterocycles. The van der Waals surface area contributed by atoms with E-state index >= 15 is 0 Å². The molecule has 11 aliphatic carbocycles. The number of ketones is 5. The van der Waals surface area contributed by atoms with Crippen molar-refractivity contribution in [3.05, 3.63) is 329 Å². The minimum absolute atomic E-state index is 0.0765. The van der Waals surface area contributed by atoms with Gasteiger partial charge in [0.25, 0.3) is 8.32 Å². The summed E-state index contributed by atoms with van der Waals surface area (Å²) in [7, 11) is -3.61. The molecule has 0 aromatic heterocycles. The van der Waals surface area contributed by atoms with Crippen LogP contribution in [0.25, 0.3) is 0 Å². The molecule has 0 heterocycles. The van der Waals surface area contributed by atoms with Crippen LogP contribution < -0.4 is 0 Å². The summed E-state index contributed by atoms with van der Waals surface area (Å²) in [6.07, 6.45) is 28.8. The zero-order valence-corrected chi connectivity index (χ0v) is 85.8. The van der Waals surface area contributed by atoms with E-state index in [0.717, 1.165) is 156 Å². The van der Waals surface area contributed by atoms with Gasteiger partial charge in [0.2, 0.25) is 0 Å². The third-order valence-corrected chi connectivity index (χ3v) is 45.7. The lowest BCUT2D eigenvalue weighted by molar-refractivity contribution is 0.0123. The Labute approximate surface area is 781 Å². The van der Waals surface area contributed by atoms with E-state index in [4.69, 9.17) is 4.43 Å². The van der Waals surface area contributed by atoms with Crippen LogP contribution in [0.5, 0.6) is 0 Å². The number of allylic oxidation sites excluding steroid dienone is 20. The van der Waals surface area contributed by atoms with Gasteiger partial charge in [-0.2, -0.15) is 0 Å². The Hall–Kier alpha value is -8.70. The highest BCUT2D eigenvalue weighted by molar-refractivity contribution is 6.80. The number of hydrogen-bond donors (Lipinski definition) is 0. The van der Waals surface area contributed by atoms with Crippen LogP contribution in [0.15, 0.2) is 296 Å². The summed E-state index contributed by atoms with van der Waals surface area (Å²) in [6, 6.07) is 60.6. The van der Waals surface area contributed by atoms with Crippen LogP contribution in [0.4, 0.5) is 0 Å². The molecule has 0 amide bonds. The summed E-state index contributed by atoms with van der Waals surface area (Å²) in [5.74, 6) is 4.84. The molecule has 684 valence electrons. The monoisotopic (exact) mass is 1760 g/mol. The predicted molar refractivity (Wildman–Crippen MR) is 546 cm³/mol. The number of Topliss-reactive ketones (excluding diaryl/α,β-unsaturated/α-hetero) is 5. The van der Waals surface area contributed by atoms with Crippen molar-refractivity contribution < 1.29 is 28.4 Å². The molecule has 0 spiro atoms. The van der Waals surface area contributed by atoms with Crippen molar-refractivity contribution in [2.75, 3.05) is 0 Å². The zero-order chi connectivity index (χ0) is 93.5. The van der Waals surface area contributed by atoms with Gasteiger partial charge in [-0.15, -0.1) is 0 Å². The van der Waals surface area contributed by atoms with Gasteiger partial charge < -0.3 is 4.43 Å². The lowest BCUT2D eigenvalue weighted by Gasteiger charge is -2.62. The molecular weight excluding hydrogens is 1610 g/mol. The lowest BCUT2D eigenvalue weighted by Crippen LogP contribution is -2.58. The van der Waals surface area contributed by atoms with Crippen LogP contribution >= 0.6 is 0 Å². The molecule has 1 fully saturated rings. The molecule has 6 aromatic carbocycles. The second-order valence-electron chi connectivity index (χ2n) is 44.9. The average molecular weight is 1760 g/mol. The van der Waals surface area contributed by atoms with Gasteiger partial charge in [0.1, 0.15) is 0 Å². The molecule has 6 aromatic rings.